The summed E-state index contributed by atoms with van der Waals surface area (Å²) in [6.07, 6.45) is 7.95. The number of nitrogens with two attached hydrogens (primary N) is 2. The van der Waals surface area contributed by atoms with E-state index in [1.54, 1.807) is 0 Å². The van der Waals surface area contributed by atoms with Gasteiger partial charge < -0.3 is 11.5 Å². The van der Waals surface area contributed by atoms with Crippen LogP contribution in [0.1, 0.15) is 38.5 Å². The first kappa shape index (κ1) is 9.74. The molecule has 0 aromatic carbocycles. The maximum atomic E-state index is 5.74. The first-order chi connectivity index (χ1) is 8.14. The highest BCUT2D eigenvalue weighted by molar-refractivity contribution is 5.50. The third-order valence-electron chi connectivity index (χ3n) is 5.10. The number of nitrogens with zero attached hydrogens (tertiary/aromatic N) is 3. The Morgan fingerprint density at radius 1 is 0.882 bits per heavy atom. The predicted molar refractivity (Wildman–Crippen MR) is 65.0 cm³/mol. The number of nitrogen functional groups attached to an aromatic ring is 2. The Balaban J connectivity index is 1.77. The van der Waals surface area contributed by atoms with Gasteiger partial charge in [-0.05, 0) is 56.3 Å². The molecule has 1 aromatic rings. The molecule has 5 rings (SSSR count). The predicted octanol–water partition coefficient (Wildman–Crippen LogP) is 1.37. The average molecular weight is 233 g/mol. The Bertz CT molecular complexity index is 409. The first-order valence-electron chi connectivity index (χ1n) is 6.63. The number of hydrogen-bond donors (Lipinski definition) is 2. The van der Waals surface area contributed by atoms with E-state index in [1.165, 1.54) is 38.5 Å². The molecule has 4 fully saturated rings. The van der Waals surface area contributed by atoms with Crippen molar-refractivity contribution in [3.63, 3.8) is 0 Å². The molecular weight excluding hydrogens is 214 g/mol. The second kappa shape index (κ2) is 2.94. The molecule has 4 N–H and O–H groups in total. The zero-order valence-corrected chi connectivity index (χ0v) is 9.97. The molecule has 5 heteroatoms. The van der Waals surface area contributed by atoms with Crippen molar-refractivity contribution < 1.29 is 0 Å². The zero-order chi connectivity index (χ0) is 11.6. The molecule has 0 spiro atoms. The van der Waals surface area contributed by atoms with Crippen LogP contribution in [0.25, 0.3) is 0 Å². The van der Waals surface area contributed by atoms with Gasteiger partial charge in [-0.1, -0.05) is 0 Å². The highest BCUT2D eigenvalue weighted by Gasteiger charge is 2.53. The van der Waals surface area contributed by atoms with Gasteiger partial charge in [0.2, 0.25) is 0 Å². The molecule has 4 aliphatic carbocycles. The first-order valence-corrected chi connectivity index (χ1v) is 6.63. The lowest BCUT2D eigenvalue weighted by Gasteiger charge is -2.55. The Morgan fingerprint density at radius 2 is 1.29 bits per heavy atom. The lowest BCUT2D eigenvalue weighted by atomic mass is 9.53. The van der Waals surface area contributed by atoms with Crippen LogP contribution in [0, 0.1) is 17.8 Å². The minimum atomic E-state index is 0.139. The fourth-order valence-corrected chi connectivity index (χ4v) is 4.85. The van der Waals surface area contributed by atoms with E-state index in [4.69, 9.17) is 11.5 Å². The van der Waals surface area contributed by atoms with Crippen molar-refractivity contribution in [1.82, 2.24) is 15.0 Å². The molecule has 1 aromatic heterocycles. The van der Waals surface area contributed by atoms with Crippen molar-refractivity contribution in [3.05, 3.63) is 0 Å². The van der Waals surface area contributed by atoms with Crippen molar-refractivity contribution in [1.29, 1.82) is 0 Å². The Morgan fingerprint density at radius 3 is 1.71 bits per heavy atom. The van der Waals surface area contributed by atoms with E-state index >= 15 is 0 Å². The van der Waals surface area contributed by atoms with Crippen LogP contribution in [0.4, 0.5) is 11.6 Å². The molecule has 4 saturated carbocycles. The Hall–Kier alpha value is -1.26. The molecule has 0 unspecified atom stereocenters. The summed E-state index contributed by atoms with van der Waals surface area (Å²) >= 11 is 0. The molecular formula is C12H19N5. The van der Waals surface area contributed by atoms with E-state index in [-0.39, 0.29) is 5.54 Å². The Kier molecular flexibility index (Phi) is 1.69. The average Bonchev–Trinajstić information content (AvgIpc) is 2.58. The van der Waals surface area contributed by atoms with E-state index in [0.717, 1.165) is 17.8 Å². The van der Waals surface area contributed by atoms with E-state index in [0.29, 0.717) is 11.6 Å². The summed E-state index contributed by atoms with van der Waals surface area (Å²) in [5.41, 5.74) is 11.6. The maximum Gasteiger partial charge on any atom is 0.190 e. The van der Waals surface area contributed by atoms with Crippen LogP contribution < -0.4 is 11.5 Å². The third-order valence-corrected chi connectivity index (χ3v) is 5.10. The fourth-order valence-electron chi connectivity index (χ4n) is 4.85. The van der Waals surface area contributed by atoms with Gasteiger partial charge in [0.25, 0.3) is 0 Å². The summed E-state index contributed by atoms with van der Waals surface area (Å²) < 4.78 is 0. The highest BCUT2D eigenvalue weighted by atomic mass is 15.5. The van der Waals surface area contributed by atoms with E-state index in [1.807, 2.05) is 4.80 Å². The van der Waals surface area contributed by atoms with Gasteiger partial charge in [-0.3, -0.25) is 0 Å². The van der Waals surface area contributed by atoms with Crippen LogP contribution >= 0.6 is 0 Å². The van der Waals surface area contributed by atoms with Gasteiger partial charge in [-0.2, -0.15) is 4.80 Å². The molecule has 0 amide bonds. The minimum Gasteiger partial charge on any atom is -0.379 e. The van der Waals surface area contributed by atoms with Gasteiger partial charge in [-0.25, -0.2) is 0 Å². The summed E-state index contributed by atoms with van der Waals surface area (Å²) in [6.45, 7) is 0. The number of hydrogen-bond acceptors (Lipinski definition) is 4. The summed E-state index contributed by atoms with van der Waals surface area (Å²) in [4.78, 5) is 1.86. The van der Waals surface area contributed by atoms with E-state index in [2.05, 4.69) is 10.2 Å². The van der Waals surface area contributed by atoms with E-state index < -0.39 is 0 Å². The molecule has 1 heterocycles. The minimum absolute atomic E-state index is 0.139. The maximum absolute atomic E-state index is 5.74. The second-order valence-corrected chi connectivity index (χ2v) is 6.40. The highest BCUT2D eigenvalue weighted by Crippen LogP contribution is 2.58. The molecule has 17 heavy (non-hydrogen) atoms. The fraction of sp³-hybridized carbons (Fsp3) is 0.833. The second-order valence-electron chi connectivity index (χ2n) is 6.40. The zero-order valence-electron chi connectivity index (χ0n) is 9.97. The molecule has 0 atom stereocenters. The molecule has 4 bridgehead atoms. The summed E-state index contributed by atoms with van der Waals surface area (Å²) in [5, 5.41) is 8.72. The van der Waals surface area contributed by atoms with Crippen molar-refractivity contribution in [2.75, 3.05) is 11.5 Å². The van der Waals surface area contributed by atoms with Crippen LogP contribution in [0.2, 0.25) is 0 Å². The topological polar surface area (TPSA) is 82.8 Å². The quantitative estimate of drug-likeness (QED) is 0.767. The molecule has 4 aliphatic rings. The summed E-state index contributed by atoms with van der Waals surface area (Å²) in [5.74, 6) is 3.43. The number of rotatable bonds is 1. The van der Waals surface area contributed by atoms with Gasteiger partial charge in [0.1, 0.15) is 0 Å². The van der Waals surface area contributed by atoms with Gasteiger partial charge in [0.15, 0.2) is 11.6 Å². The Labute approximate surface area is 101 Å². The van der Waals surface area contributed by atoms with Crippen molar-refractivity contribution in [2.24, 2.45) is 17.8 Å². The number of aromatic nitrogens is 3. The van der Waals surface area contributed by atoms with Crippen LogP contribution in [-0.2, 0) is 5.54 Å². The van der Waals surface area contributed by atoms with Gasteiger partial charge >= 0.3 is 0 Å². The molecule has 92 valence electrons. The molecule has 0 radical (unpaired) electrons. The van der Waals surface area contributed by atoms with Gasteiger partial charge in [0.05, 0.1) is 5.54 Å². The normalized spacial score (nSPS) is 43.2. The van der Waals surface area contributed by atoms with Crippen LogP contribution in [0.5, 0.6) is 0 Å². The van der Waals surface area contributed by atoms with Gasteiger partial charge in [-0.15, -0.1) is 10.2 Å². The molecule has 5 nitrogen and oxygen atoms in total. The third kappa shape index (κ3) is 1.25. The van der Waals surface area contributed by atoms with Crippen molar-refractivity contribution in [3.8, 4) is 0 Å². The molecule has 0 aliphatic heterocycles. The lowest BCUT2D eigenvalue weighted by molar-refractivity contribution is -0.0564. The van der Waals surface area contributed by atoms with Crippen LogP contribution in [-0.4, -0.2) is 15.0 Å². The summed E-state index contributed by atoms with van der Waals surface area (Å²) in [6, 6.07) is 0. The summed E-state index contributed by atoms with van der Waals surface area (Å²) in [7, 11) is 0. The van der Waals surface area contributed by atoms with Crippen molar-refractivity contribution in [2.45, 2.75) is 44.1 Å². The van der Waals surface area contributed by atoms with Crippen LogP contribution in [0.3, 0.4) is 0 Å². The lowest BCUT2D eigenvalue weighted by Crippen LogP contribution is -2.52. The smallest absolute Gasteiger partial charge is 0.190 e. The molecule has 0 saturated heterocycles. The van der Waals surface area contributed by atoms with Crippen molar-refractivity contribution >= 4 is 11.6 Å². The largest absolute Gasteiger partial charge is 0.379 e. The van der Waals surface area contributed by atoms with Crippen LogP contribution in [0.15, 0.2) is 0 Å². The van der Waals surface area contributed by atoms with Gasteiger partial charge in [0, 0.05) is 0 Å². The standard InChI is InChI=1S/C12H19N5/c13-10-11(14)16-17(15-10)12-4-7-1-8(5-12)3-9(2-7)6-12/h7-9H,1-6H2,(H2,13,15)(H2,14,16). The van der Waals surface area contributed by atoms with E-state index in [9.17, 15) is 0 Å². The number of anilines is 2. The monoisotopic (exact) mass is 233 g/mol. The SMILES string of the molecule is Nc1nn(C23CC4CC(CC(C4)C2)C3)nc1N.